The van der Waals surface area contributed by atoms with Gasteiger partial charge in [-0.2, -0.15) is 0 Å². The van der Waals surface area contributed by atoms with Crippen molar-refractivity contribution in [1.82, 2.24) is 0 Å². The first kappa shape index (κ1) is 13.9. The Morgan fingerprint density at radius 2 is 1.85 bits per heavy atom. The van der Waals surface area contributed by atoms with E-state index in [1.54, 1.807) is 6.07 Å². The van der Waals surface area contributed by atoms with Gasteiger partial charge in [0.05, 0.1) is 5.69 Å². The van der Waals surface area contributed by atoms with Crippen molar-refractivity contribution in [3.63, 3.8) is 0 Å². The van der Waals surface area contributed by atoms with Gasteiger partial charge in [-0.05, 0) is 37.6 Å². The van der Waals surface area contributed by atoms with Crippen molar-refractivity contribution < 1.29 is 9.53 Å². The van der Waals surface area contributed by atoms with Crippen LogP contribution in [0.5, 0.6) is 5.75 Å². The van der Waals surface area contributed by atoms with E-state index in [0.717, 1.165) is 16.8 Å². The molecule has 0 aliphatic carbocycles. The smallest absolute Gasteiger partial charge is 0.262 e. The van der Waals surface area contributed by atoms with E-state index in [0.29, 0.717) is 11.4 Å². The highest BCUT2D eigenvalue weighted by Crippen LogP contribution is 2.25. The van der Waals surface area contributed by atoms with Crippen LogP contribution in [0.15, 0.2) is 42.5 Å². The van der Waals surface area contributed by atoms with E-state index in [1.165, 1.54) is 0 Å². The molecule has 0 heterocycles. The van der Waals surface area contributed by atoms with Gasteiger partial charge in [-0.1, -0.05) is 29.8 Å². The largest absolute Gasteiger partial charge is 0.481 e. The van der Waals surface area contributed by atoms with E-state index in [1.807, 2.05) is 50.2 Å². The van der Waals surface area contributed by atoms with Crippen molar-refractivity contribution in [1.29, 1.82) is 0 Å². The molecule has 104 valence electrons. The summed E-state index contributed by atoms with van der Waals surface area (Å²) < 4.78 is 5.49. The number of para-hydroxylation sites is 1. The van der Waals surface area contributed by atoms with Crippen LogP contribution in [-0.2, 0) is 4.79 Å². The van der Waals surface area contributed by atoms with Gasteiger partial charge < -0.3 is 15.8 Å². The fourth-order valence-electron chi connectivity index (χ4n) is 1.84. The lowest BCUT2D eigenvalue weighted by molar-refractivity contribution is -0.118. The minimum absolute atomic E-state index is 0.0665. The van der Waals surface area contributed by atoms with Crippen LogP contribution in [0.3, 0.4) is 0 Å². The predicted octanol–water partition coefficient (Wildman–Crippen LogP) is 2.90. The molecule has 4 nitrogen and oxygen atoms in total. The molecular weight excluding hydrogens is 252 g/mol. The van der Waals surface area contributed by atoms with E-state index >= 15 is 0 Å². The second-order valence-corrected chi connectivity index (χ2v) is 4.70. The molecule has 0 aliphatic rings. The molecule has 3 N–H and O–H groups in total. The summed E-state index contributed by atoms with van der Waals surface area (Å²) in [4.78, 5) is 11.8. The monoisotopic (exact) mass is 270 g/mol. The van der Waals surface area contributed by atoms with Gasteiger partial charge in [0, 0.05) is 5.69 Å². The normalized spacial score (nSPS) is 10.1. The van der Waals surface area contributed by atoms with E-state index in [9.17, 15) is 4.79 Å². The van der Waals surface area contributed by atoms with Crippen LogP contribution in [0.4, 0.5) is 11.4 Å². The lowest BCUT2D eigenvalue weighted by atomic mass is 10.2. The molecule has 0 atom stereocenters. The number of hydrogen-bond donors (Lipinski definition) is 2. The molecule has 0 spiro atoms. The SMILES string of the molecule is Cc1ccc(NC(=O)COc2c(C)cccc2N)cc1. The number of nitrogens with two attached hydrogens (primary N) is 1. The first-order chi connectivity index (χ1) is 9.56. The summed E-state index contributed by atoms with van der Waals surface area (Å²) in [5.74, 6) is 0.350. The molecule has 0 unspecified atom stereocenters. The van der Waals surface area contributed by atoms with Gasteiger partial charge in [0.15, 0.2) is 6.61 Å². The zero-order chi connectivity index (χ0) is 14.5. The predicted molar refractivity (Wildman–Crippen MR) is 80.9 cm³/mol. The Morgan fingerprint density at radius 1 is 1.15 bits per heavy atom. The van der Waals surface area contributed by atoms with Crippen molar-refractivity contribution in [2.45, 2.75) is 13.8 Å². The van der Waals surface area contributed by atoms with Crippen LogP contribution < -0.4 is 15.8 Å². The Labute approximate surface area is 118 Å². The van der Waals surface area contributed by atoms with Crippen LogP contribution in [0.2, 0.25) is 0 Å². The van der Waals surface area contributed by atoms with Crippen molar-refractivity contribution >= 4 is 17.3 Å². The summed E-state index contributed by atoms with van der Waals surface area (Å²) >= 11 is 0. The Kier molecular flexibility index (Phi) is 4.25. The van der Waals surface area contributed by atoms with Crippen LogP contribution in [0.25, 0.3) is 0 Å². The average Bonchev–Trinajstić information content (AvgIpc) is 2.41. The van der Waals surface area contributed by atoms with Crippen LogP contribution in [0, 0.1) is 13.8 Å². The van der Waals surface area contributed by atoms with E-state index < -0.39 is 0 Å². The molecule has 0 fully saturated rings. The highest BCUT2D eigenvalue weighted by molar-refractivity contribution is 5.91. The second kappa shape index (κ2) is 6.10. The quantitative estimate of drug-likeness (QED) is 0.840. The standard InChI is InChI=1S/C16H18N2O2/c1-11-6-8-13(9-7-11)18-15(19)10-20-16-12(2)4-3-5-14(16)17/h3-9H,10,17H2,1-2H3,(H,18,19). The number of aryl methyl sites for hydroxylation is 2. The number of nitrogens with one attached hydrogen (secondary N) is 1. The van der Waals surface area contributed by atoms with Crippen LogP contribution in [0.1, 0.15) is 11.1 Å². The number of hydrogen-bond acceptors (Lipinski definition) is 3. The molecule has 0 aliphatic heterocycles. The molecule has 0 saturated heterocycles. The molecule has 4 heteroatoms. The molecule has 2 aromatic carbocycles. The summed E-state index contributed by atoms with van der Waals surface area (Å²) in [6.45, 7) is 3.82. The number of ether oxygens (including phenoxy) is 1. The fraction of sp³-hybridized carbons (Fsp3) is 0.188. The number of amides is 1. The minimum atomic E-state index is -0.212. The Bertz CT molecular complexity index is 586. The van der Waals surface area contributed by atoms with Crippen molar-refractivity contribution in [3.05, 3.63) is 53.6 Å². The number of nitrogen functional groups attached to an aromatic ring is 1. The van der Waals surface area contributed by atoms with E-state index in [4.69, 9.17) is 10.5 Å². The van der Waals surface area contributed by atoms with Gasteiger partial charge in [-0.25, -0.2) is 0 Å². The summed E-state index contributed by atoms with van der Waals surface area (Å²) in [7, 11) is 0. The average molecular weight is 270 g/mol. The maximum absolute atomic E-state index is 11.8. The highest BCUT2D eigenvalue weighted by atomic mass is 16.5. The first-order valence-corrected chi connectivity index (χ1v) is 6.40. The summed E-state index contributed by atoms with van der Waals surface area (Å²) in [5, 5.41) is 2.77. The van der Waals surface area contributed by atoms with Crippen molar-refractivity contribution in [2.24, 2.45) is 0 Å². The summed E-state index contributed by atoms with van der Waals surface area (Å²) in [5.41, 5.74) is 9.16. The third-order valence-corrected chi connectivity index (χ3v) is 2.93. The molecule has 0 saturated carbocycles. The molecule has 20 heavy (non-hydrogen) atoms. The lowest BCUT2D eigenvalue weighted by Gasteiger charge is -2.11. The summed E-state index contributed by atoms with van der Waals surface area (Å²) in [6, 6.07) is 13.1. The van der Waals surface area contributed by atoms with Crippen LogP contribution in [-0.4, -0.2) is 12.5 Å². The van der Waals surface area contributed by atoms with Gasteiger partial charge in [-0.3, -0.25) is 4.79 Å². The Morgan fingerprint density at radius 3 is 2.50 bits per heavy atom. The molecule has 0 radical (unpaired) electrons. The molecule has 1 amide bonds. The summed E-state index contributed by atoms with van der Waals surface area (Å²) in [6.07, 6.45) is 0. The zero-order valence-electron chi connectivity index (χ0n) is 11.6. The van der Waals surface area contributed by atoms with Crippen molar-refractivity contribution in [3.8, 4) is 5.75 Å². The second-order valence-electron chi connectivity index (χ2n) is 4.70. The number of carbonyl (C=O) groups is 1. The van der Waals surface area contributed by atoms with Crippen molar-refractivity contribution in [2.75, 3.05) is 17.7 Å². The molecule has 0 aromatic heterocycles. The fourth-order valence-corrected chi connectivity index (χ4v) is 1.84. The molecular formula is C16H18N2O2. The minimum Gasteiger partial charge on any atom is -0.481 e. The molecule has 2 rings (SSSR count). The number of anilines is 2. The number of rotatable bonds is 4. The number of benzene rings is 2. The van der Waals surface area contributed by atoms with E-state index in [-0.39, 0.29) is 12.5 Å². The van der Waals surface area contributed by atoms with Gasteiger partial charge in [0.2, 0.25) is 0 Å². The first-order valence-electron chi connectivity index (χ1n) is 6.40. The van der Waals surface area contributed by atoms with Gasteiger partial charge in [-0.15, -0.1) is 0 Å². The Balaban J connectivity index is 1.94. The third kappa shape index (κ3) is 3.51. The van der Waals surface area contributed by atoms with Gasteiger partial charge >= 0.3 is 0 Å². The topological polar surface area (TPSA) is 64.3 Å². The molecule has 2 aromatic rings. The number of carbonyl (C=O) groups excluding carboxylic acids is 1. The maximum atomic E-state index is 11.8. The zero-order valence-corrected chi connectivity index (χ0v) is 11.6. The lowest BCUT2D eigenvalue weighted by Crippen LogP contribution is -2.20. The maximum Gasteiger partial charge on any atom is 0.262 e. The van der Waals surface area contributed by atoms with Gasteiger partial charge in [0.25, 0.3) is 5.91 Å². The van der Waals surface area contributed by atoms with Gasteiger partial charge in [0.1, 0.15) is 5.75 Å². The van der Waals surface area contributed by atoms with E-state index in [2.05, 4.69) is 5.32 Å². The highest BCUT2D eigenvalue weighted by Gasteiger charge is 2.07. The van der Waals surface area contributed by atoms with Crippen LogP contribution >= 0.6 is 0 Å². The third-order valence-electron chi connectivity index (χ3n) is 2.93. The molecule has 0 bridgehead atoms. The Hall–Kier alpha value is -2.49.